The Balaban J connectivity index is 1.41. The second-order valence-corrected chi connectivity index (χ2v) is 9.03. The Labute approximate surface area is 208 Å². The van der Waals surface area contributed by atoms with E-state index in [2.05, 4.69) is 4.98 Å². The summed E-state index contributed by atoms with van der Waals surface area (Å²) < 4.78 is 38.5. The maximum absolute atomic E-state index is 14.1. The zero-order chi connectivity index (χ0) is 25.2. The number of carbonyl (C=O) groups excluding carboxylic acids is 1. The molecule has 1 amide bonds. The number of aryl methyl sites for hydroxylation is 1. The number of carbonyl (C=O) groups is 1. The van der Waals surface area contributed by atoms with Crippen LogP contribution in [0.4, 0.5) is 8.78 Å². The average Bonchev–Trinajstić information content (AvgIpc) is 3.52. The number of amides is 1. The zero-order valence-electron chi connectivity index (χ0n) is 20.3. The van der Waals surface area contributed by atoms with E-state index in [0.717, 1.165) is 46.1 Å². The number of rotatable bonds is 7. The summed E-state index contributed by atoms with van der Waals surface area (Å²) in [7, 11) is 3.20. The molecule has 0 spiro atoms. The molecular formula is C29H28F2N2O3. The molecule has 0 saturated carbocycles. The fraction of sp³-hybridized carbons (Fsp3) is 0.276. The number of methoxy groups -OCH3 is 2. The van der Waals surface area contributed by atoms with Gasteiger partial charge in [-0.05, 0) is 90.6 Å². The highest BCUT2D eigenvalue weighted by molar-refractivity contribution is 5.91. The van der Waals surface area contributed by atoms with Crippen LogP contribution in [0.5, 0.6) is 11.5 Å². The van der Waals surface area contributed by atoms with Crippen molar-refractivity contribution >= 4 is 16.8 Å². The second-order valence-electron chi connectivity index (χ2n) is 9.03. The molecular weight excluding hydrogens is 462 g/mol. The molecule has 1 atom stereocenters. The van der Waals surface area contributed by atoms with E-state index < -0.39 is 0 Å². The average molecular weight is 491 g/mol. The number of halogens is 2. The van der Waals surface area contributed by atoms with Crippen molar-refractivity contribution in [2.45, 2.75) is 31.7 Å². The van der Waals surface area contributed by atoms with Crippen molar-refractivity contribution in [3.8, 4) is 22.8 Å². The van der Waals surface area contributed by atoms with Gasteiger partial charge in [0.15, 0.2) is 11.5 Å². The summed E-state index contributed by atoms with van der Waals surface area (Å²) >= 11 is 0. The molecule has 1 aliphatic rings. The smallest absolute Gasteiger partial charge is 0.223 e. The minimum atomic E-state index is -0.340. The van der Waals surface area contributed by atoms with E-state index >= 15 is 0 Å². The molecule has 0 radical (unpaired) electrons. The number of hydrogen-bond donors (Lipinski definition) is 1. The SMILES string of the molecule is COc1ccc([C@H]2CCCN2C(=O)CCc2c(-c3ccc(F)cc3)[nH]c3ccc(F)cc23)cc1OC. The maximum atomic E-state index is 14.1. The number of benzene rings is 3. The van der Waals surface area contributed by atoms with Crippen LogP contribution in [-0.4, -0.2) is 36.6 Å². The third-order valence-electron chi connectivity index (χ3n) is 6.96. The van der Waals surface area contributed by atoms with E-state index in [4.69, 9.17) is 9.47 Å². The third-order valence-corrected chi connectivity index (χ3v) is 6.96. The van der Waals surface area contributed by atoms with Crippen molar-refractivity contribution in [2.24, 2.45) is 0 Å². The number of hydrogen-bond acceptors (Lipinski definition) is 3. The number of fused-ring (bicyclic) bond motifs is 1. The van der Waals surface area contributed by atoms with Crippen LogP contribution >= 0.6 is 0 Å². The molecule has 3 aromatic carbocycles. The highest BCUT2D eigenvalue weighted by Gasteiger charge is 2.30. The quantitative estimate of drug-likeness (QED) is 0.325. The number of nitrogens with one attached hydrogen (secondary N) is 1. The predicted molar refractivity (Wildman–Crippen MR) is 135 cm³/mol. The number of aromatic amines is 1. The van der Waals surface area contributed by atoms with Gasteiger partial charge in [-0.2, -0.15) is 0 Å². The summed E-state index contributed by atoms with van der Waals surface area (Å²) in [5.41, 5.74) is 4.22. The van der Waals surface area contributed by atoms with Gasteiger partial charge in [0.1, 0.15) is 11.6 Å². The molecule has 4 aromatic rings. The summed E-state index contributed by atoms with van der Waals surface area (Å²) in [5.74, 6) is 0.667. The molecule has 1 aromatic heterocycles. The standard InChI is InChI=1S/C29H28F2N2O3/c1-35-26-13-7-19(16-27(26)36-2)25-4-3-15-33(25)28(34)14-11-22-23-17-21(31)10-12-24(23)32-29(22)18-5-8-20(30)9-6-18/h5-10,12-13,16-17,25,32H,3-4,11,14-15H2,1-2H3/t25-/m1/s1. The summed E-state index contributed by atoms with van der Waals surface area (Å²) in [5, 5.41) is 0.736. The number of aromatic nitrogens is 1. The summed E-state index contributed by atoms with van der Waals surface area (Å²) in [6, 6.07) is 16.5. The molecule has 0 aliphatic carbocycles. The summed E-state index contributed by atoms with van der Waals surface area (Å²) in [6.45, 7) is 0.686. The molecule has 0 unspecified atom stereocenters. The zero-order valence-corrected chi connectivity index (χ0v) is 20.3. The topological polar surface area (TPSA) is 54.6 Å². The molecule has 36 heavy (non-hydrogen) atoms. The molecule has 5 rings (SSSR count). The molecule has 1 N–H and O–H groups in total. The van der Waals surface area contributed by atoms with Crippen LogP contribution in [0.3, 0.4) is 0 Å². The Hall–Kier alpha value is -3.87. The van der Waals surface area contributed by atoms with Crippen LogP contribution in [0, 0.1) is 11.6 Å². The summed E-state index contributed by atoms with van der Waals surface area (Å²) in [6.07, 6.45) is 2.51. The Bertz CT molecular complexity index is 1400. The van der Waals surface area contributed by atoms with Crippen molar-refractivity contribution in [2.75, 3.05) is 20.8 Å². The summed E-state index contributed by atoms with van der Waals surface area (Å²) in [4.78, 5) is 18.7. The Morgan fingerprint density at radius 1 is 0.972 bits per heavy atom. The highest BCUT2D eigenvalue weighted by Crippen LogP contribution is 2.38. The van der Waals surface area contributed by atoms with Crippen molar-refractivity contribution < 1.29 is 23.0 Å². The first-order chi connectivity index (χ1) is 17.5. The van der Waals surface area contributed by atoms with Gasteiger partial charge in [0.05, 0.1) is 20.3 Å². The van der Waals surface area contributed by atoms with E-state index in [0.29, 0.717) is 24.5 Å². The predicted octanol–water partition coefficient (Wildman–Crippen LogP) is 6.43. The van der Waals surface area contributed by atoms with Gasteiger partial charge >= 0.3 is 0 Å². The molecule has 5 nitrogen and oxygen atoms in total. The minimum absolute atomic E-state index is 0.0331. The largest absolute Gasteiger partial charge is 0.493 e. The van der Waals surface area contributed by atoms with E-state index in [9.17, 15) is 13.6 Å². The van der Waals surface area contributed by atoms with Gasteiger partial charge in [-0.25, -0.2) is 8.78 Å². The highest BCUT2D eigenvalue weighted by atomic mass is 19.1. The molecule has 186 valence electrons. The Morgan fingerprint density at radius 2 is 1.72 bits per heavy atom. The lowest BCUT2D eigenvalue weighted by atomic mass is 10.00. The monoisotopic (exact) mass is 490 g/mol. The Kier molecular flexibility index (Phi) is 6.63. The first-order valence-corrected chi connectivity index (χ1v) is 12.1. The molecule has 1 saturated heterocycles. The molecule has 7 heteroatoms. The van der Waals surface area contributed by atoms with Crippen molar-refractivity contribution in [3.63, 3.8) is 0 Å². The lowest BCUT2D eigenvalue weighted by Gasteiger charge is -2.26. The van der Waals surface area contributed by atoms with E-state index in [1.54, 1.807) is 32.4 Å². The minimum Gasteiger partial charge on any atom is -0.493 e. The van der Waals surface area contributed by atoms with Crippen LogP contribution in [-0.2, 0) is 11.2 Å². The van der Waals surface area contributed by atoms with Crippen LogP contribution in [0.1, 0.15) is 36.4 Å². The first-order valence-electron chi connectivity index (χ1n) is 12.1. The van der Waals surface area contributed by atoms with Gasteiger partial charge in [-0.3, -0.25) is 4.79 Å². The number of nitrogens with zero attached hydrogens (tertiary/aromatic N) is 1. The number of ether oxygens (including phenoxy) is 2. The van der Waals surface area contributed by atoms with Crippen LogP contribution in [0.25, 0.3) is 22.2 Å². The number of H-pyrrole nitrogens is 1. The normalized spacial score (nSPS) is 15.4. The van der Waals surface area contributed by atoms with Gasteiger partial charge in [0, 0.05) is 29.6 Å². The maximum Gasteiger partial charge on any atom is 0.223 e. The lowest BCUT2D eigenvalue weighted by Crippen LogP contribution is -2.30. The van der Waals surface area contributed by atoms with Crippen molar-refractivity contribution in [1.29, 1.82) is 0 Å². The Morgan fingerprint density at radius 3 is 2.47 bits per heavy atom. The van der Waals surface area contributed by atoms with Gasteiger partial charge in [-0.15, -0.1) is 0 Å². The fourth-order valence-corrected chi connectivity index (χ4v) is 5.19. The van der Waals surface area contributed by atoms with Gasteiger partial charge in [0.2, 0.25) is 5.91 Å². The van der Waals surface area contributed by atoms with Gasteiger partial charge in [-0.1, -0.05) is 6.07 Å². The van der Waals surface area contributed by atoms with Gasteiger partial charge in [0.25, 0.3) is 0 Å². The van der Waals surface area contributed by atoms with Crippen molar-refractivity contribution in [1.82, 2.24) is 9.88 Å². The van der Waals surface area contributed by atoms with E-state index in [1.165, 1.54) is 24.3 Å². The van der Waals surface area contributed by atoms with E-state index in [1.807, 2.05) is 23.1 Å². The molecule has 1 fully saturated rings. The molecule has 2 heterocycles. The lowest BCUT2D eigenvalue weighted by molar-refractivity contribution is -0.132. The third kappa shape index (κ3) is 4.53. The van der Waals surface area contributed by atoms with Crippen LogP contribution in [0.2, 0.25) is 0 Å². The first kappa shape index (κ1) is 23.9. The van der Waals surface area contributed by atoms with Crippen LogP contribution in [0.15, 0.2) is 60.7 Å². The van der Waals surface area contributed by atoms with E-state index in [-0.39, 0.29) is 30.0 Å². The van der Waals surface area contributed by atoms with Crippen molar-refractivity contribution in [3.05, 3.63) is 83.4 Å². The molecule has 0 bridgehead atoms. The van der Waals surface area contributed by atoms with Crippen LogP contribution < -0.4 is 9.47 Å². The second kappa shape index (κ2) is 10.0. The number of likely N-dealkylation sites (tertiary alicyclic amines) is 1. The molecule has 1 aliphatic heterocycles. The fourth-order valence-electron chi connectivity index (χ4n) is 5.19. The van der Waals surface area contributed by atoms with Gasteiger partial charge < -0.3 is 19.4 Å².